The van der Waals surface area contributed by atoms with E-state index in [1.807, 2.05) is 49.4 Å². The Morgan fingerprint density at radius 1 is 1.00 bits per heavy atom. The van der Waals surface area contributed by atoms with Crippen molar-refractivity contribution in [2.24, 2.45) is 0 Å². The number of rotatable bonds is 5. The molecule has 32 heavy (non-hydrogen) atoms. The van der Waals surface area contributed by atoms with Crippen LogP contribution in [0.5, 0.6) is 0 Å². The molecule has 0 aliphatic rings. The molecule has 4 aromatic heterocycles. The lowest BCUT2D eigenvalue weighted by atomic mass is 10.2. The van der Waals surface area contributed by atoms with Crippen LogP contribution in [0.1, 0.15) is 16.8 Å². The molecule has 5 aromatic rings. The minimum Gasteiger partial charge on any atom is -0.283 e. The van der Waals surface area contributed by atoms with Crippen LogP contribution in [-0.2, 0) is 12.3 Å². The van der Waals surface area contributed by atoms with E-state index in [-0.39, 0.29) is 11.1 Å². The zero-order valence-corrected chi connectivity index (χ0v) is 18.1. The SMILES string of the molecule is Cc1ccc2nc(CSc3nc4ccccc4c(=O)n3Cc3cccnc3)cc(=O)n2c1. The van der Waals surface area contributed by atoms with Gasteiger partial charge in [-0.3, -0.25) is 23.5 Å². The number of fused-ring (bicyclic) bond motifs is 2. The summed E-state index contributed by atoms with van der Waals surface area (Å²) in [7, 11) is 0. The second-order valence-electron chi connectivity index (χ2n) is 7.47. The highest BCUT2D eigenvalue weighted by Gasteiger charge is 2.13. The lowest BCUT2D eigenvalue weighted by Gasteiger charge is -2.13. The average molecular weight is 442 g/mol. The molecular weight excluding hydrogens is 422 g/mol. The molecule has 0 amide bonds. The molecular formula is C24H19N5O2S. The quantitative estimate of drug-likeness (QED) is 0.307. The van der Waals surface area contributed by atoms with E-state index in [1.54, 1.807) is 29.2 Å². The van der Waals surface area contributed by atoms with Crippen molar-refractivity contribution in [3.63, 3.8) is 0 Å². The molecule has 0 radical (unpaired) electrons. The number of nitrogens with zero attached hydrogens (tertiary/aromatic N) is 5. The number of para-hydroxylation sites is 1. The van der Waals surface area contributed by atoms with Gasteiger partial charge in [-0.1, -0.05) is 36.0 Å². The van der Waals surface area contributed by atoms with Crippen LogP contribution in [0.2, 0.25) is 0 Å². The van der Waals surface area contributed by atoms with E-state index < -0.39 is 0 Å². The second-order valence-corrected chi connectivity index (χ2v) is 8.42. The van der Waals surface area contributed by atoms with Crippen LogP contribution in [-0.4, -0.2) is 23.9 Å². The van der Waals surface area contributed by atoms with Crippen molar-refractivity contribution >= 4 is 28.3 Å². The van der Waals surface area contributed by atoms with Crippen LogP contribution in [0.25, 0.3) is 16.6 Å². The van der Waals surface area contributed by atoms with Crippen LogP contribution in [0.3, 0.4) is 0 Å². The molecule has 8 heteroatoms. The molecule has 0 atom stereocenters. The van der Waals surface area contributed by atoms with E-state index in [0.29, 0.717) is 39.7 Å². The van der Waals surface area contributed by atoms with Gasteiger partial charge in [0.15, 0.2) is 5.16 Å². The summed E-state index contributed by atoms with van der Waals surface area (Å²) in [4.78, 5) is 39.3. The third kappa shape index (κ3) is 3.92. The highest BCUT2D eigenvalue weighted by atomic mass is 32.2. The summed E-state index contributed by atoms with van der Waals surface area (Å²) in [5.41, 5.74) is 3.54. The first kappa shape index (κ1) is 20.1. The maximum atomic E-state index is 13.2. The molecule has 0 saturated heterocycles. The lowest BCUT2D eigenvalue weighted by Crippen LogP contribution is -2.24. The van der Waals surface area contributed by atoms with E-state index in [2.05, 4.69) is 9.97 Å². The Kier molecular flexibility index (Phi) is 5.28. The van der Waals surface area contributed by atoms with Gasteiger partial charge in [0, 0.05) is 30.4 Å². The number of aromatic nitrogens is 5. The molecule has 4 heterocycles. The molecule has 0 spiro atoms. The Morgan fingerprint density at radius 2 is 1.88 bits per heavy atom. The molecule has 0 aliphatic carbocycles. The lowest BCUT2D eigenvalue weighted by molar-refractivity contribution is 0.656. The monoisotopic (exact) mass is 441 g/mol. The van der Waals surface area contributed by atoms with Gasteiger partial charge < -0.3 is 0 Å². The van der Waals surface area contributed by atoms with Gasteiger partial charge in [0.1, 0.15) is 5.65 Å². The maximum Gasteiger partial charge on any atom is 0.262 e. The largest absolute Gasteiger partial charge is 0.283 e. The molecule has 0 N–H and O–H groups in total. The smallest absolute Gasteiger partial charge is 0.262 e. The van der Waals surface area contributed by atoms with Crippen molar-refractivity contribution in [3.8, 4) is 0 Å². The normalized spacial score (nSPS) is 11.3. The summed E-state index contributed by atoms with van der Waals surface area (Å²) >= 11 is 1.39. The molecule has 0 aliphatic heterocycles. The number of pyridine rings is 2. The topological polar surface area (TPSA) is 82.2 Å². The highest BCUT2D eigenvalue weighted by Crippen LogP contribution is 2.22. The summed E-state index contributed by atoms with van der Waals surface area (Å²) in [6.45, 7) is 2.29. The van der Waals surface area contributed by atoms with Crippen LogP contribution < -0.4 is 11.1 Å². The van der Waals surface area contributed by atoms with Crippen LogP contribution in [0.15, 0.2) is 87.9 Å². The molecule has 5 rings (SSSR count). The van der Waals surface area contributed by atoms with E-state index in [9.17, 15) is 9.59 Å². The molecule has 0 unspecified atom stereocenters. The van der Waals surface area contributed by atoms with Crippen molar-refractivity contribution in [2.75, 3.05) is 0 Å². The van der Waals surface area contributed by atoms with Gasteiger partial charge in [-0.2, -0.15) is 0 Å². The van der Waals surface area contributed by atoms with Gasteiger partial charge in [-0.15, -0.1) is 0 Å². The van der Waals surface area contributed by atoms with Gasteiger partial charge in [0.25, 0.3) is 11.1 Å². The zero-order chi connectivity index (χ0) is 22.1. The first-order valence-corrected chi connectivity index (χ1v) is 11.1. The number of thioether (sulfide) groups is 1. The zero-order valence-electron chi connectivity index (χ0n) is 17.3. The summed E-state index contributed by atoms with van der Waals surface area (Å²) in [6, 6.07) is 16.4. The predicted octanol–water partition coefficient (Wildman–Crippen LogP) is 3.45. The number of hydrogen-bond donors (Lipinski definition) is 0. The Labute approximate surface area is 187 Å². The fraction of sp³-hybridized carbons (Fsp3) is 0.125. The van der Waals surface area contributed by atoms with Crippen molar-refractivity contribution < 1.29 is 0 Å². The van der Waals surface area contributed by atoms with Gasteiger partial charge in [-0.05, 0) is 42.3 Å². The summed E-state index contributed by atoms with van der Waals surface area (Å²) < 4.78 is 3.19. The Hall–Kier alpha value is -3.78. The summed E-state index contributed by atoms with van der Waals surface area (Å²) in [5.74, 6) is 0.414. The molecule has 7 nitrogen and oxygen atoms in total. The molecule has 158 valence electrons. The van der Waals surface area contributed by atoms with E-state index >= 15 is 0 Å². The second kappa shape index (κ2) is 8.39. The van der Waals surface area contributed by atoms with Crippen molar-refractivity contribution in [1.29, 1.82) is 0 Å². The van der Waals surface area contributed by atoms with E-state index in [4.69, 9.17) is 4.98 Å². The number of hydrogen-bond acceptors (Lipinski definition) is 6. The van der Waals surface area contributed by atoms with Crippen LogP contribution >= 0.6 is 11.8 Å². The molecule has 1 aromatic carbocycles. The molecule has 0 saturated carbocycles. The van der Waals surface area contributed by atoms with Gasteiger partial charge in [0.05, 0.1) is 23.1 Å². The first-order chi connectivity index (χ1) is 15.6. The highest BCUT2D eigenvalue weighted by molar-refractivity contribution is 7.98. The predicted molar refractivity (Wildman–Crippen MR) is 125 cm³/mol. The maximum absolute atomic E-state index is 13.2. The molecule has 0 bridgehead atoms. The minimum absolute atomic E-state index is 0.107. The van der Waals surface area contributed by atoms with Crippen molar-refractivity contribution in [2.45, 2.75) is 24.4 Å². The number of benzene rings is 1. The van der Waals surface area contributed by atoms with E-state index in [0.717, 1.165) is 11.1 Å². The third-order valence-corrected chi connectivity index (χ3v) is 6.11. The van der Waals surface area contributed by atoms with Crippen molar-refractivity contribution in [3.05, 3.63) is 111 Å². The fourth-order valence-electron chi connectivity index (χ4n) is 3.54. The standard InChI is InChI=1S/C24H19N5O2S/c1-16-8-9-21-26-18(11-22(30)28(21)13-16)15-32-24-27-20-7-3-2-6-19(20)23(31)29(24)14-17-5-4-10-25-12-17/h2-13H,14-15H2,1H3. The summed E-state index contributed by atoms with van der Waals surface area (Å²) in [6.07, 6.45) is 5.22. The van der Waals surface area contributed by atoms with Crippen molar-refractivity contribution in [1.82, 2.24) is 23.9 Å². The van der Waals surface area contributed by atoms with E-state index in [1.165, 1.54) is 22.2 Å². The number of aryl methyl sites for hydroxylation is 1. The average Bonchev–Trinajstić information content (AvgIpc) is 2.81. The van der Waals surface area contributed by atoms with Crippen LogP contribution in [0, 0.1) is 6.92 Å². The van der Waals surface area contributed by atoms with Gasteiger partial charge in [-0.25, -0.2) is 9.97 Å². The van der Waals surface area contributed by atoms with Crippen LogP contribution in [0.4, 0.5) is 0 Å². The molecule has 0 fully saturated rings. The Bertz CT molecular complexity index is 1560. The third-order valence-electron chi connectivity index (χ3n) is 5.10. The fourth-order valence-corrected chi connectivity index (χ4v) is 4.43. The minimum atomic E-state index is -0.131. The van der Waals surface area contributed by atoms with Gasteiger partial charge in [0.2, 0.25) is 0 Å². The Balaban J connectivity index is 1.54. The first-order valence-electron chi connectivity index (χ1n) is 10.1. The summed E-state index contributed by atoms with van der Waals surface area (Å²) in [5, 5.41) is 1.14. The Morgan fingerprint density at radius 3 is 2.72 bits per heavy atom. The van der Waals surface area contributed by atoms with Gasteiger partial charge >= 0.3 is 0 Å².